The molecule has 0 fully saturated rings. The number of carboxylic acids is 1. The molecule has 0 aromatic heterocycles. The summed E-state index contributed by atoms with van der Waals surface area (Å²) < 4.78 is 29.6. The molecule has 1 rings (SSSR count). The second-order valence-electron chi connectivity index (χ2n) is 5.03. The van der Waals surface area contributed by atoms with E-state index in [0.29, 0.717) is 12.3 Å². The molecule has 0 saturated heterocycles. The van der Waals surface area contributed by atoms with Crippen molar-refractivity contribution in [2.24, 2.45) is 5.92 Å². The highest BCUT2D eigenvalue weighted by Crippen LogP contribution is 2.27. The molecular weight excluding hydrogens is 280 g/mol. The minimum Gasteiger partial charge on any atom is -0.495 e. The number of ether oxygens (including phenoxy) is 1. The first-order valence-electron chi connectivity index (χ1n) is 6.42. The van der Waals surface area contributed by atoms with E-state index in [2.05, 4.69) is 0 Å². The maximum Gasteiger partial charge on any atom is 0.335 e. The van der Waals surface area contributed by atoms with E-state index in [1.54, 1.807) is 0 Å². The van der Waals surface area contributed by atoms with Gasteiger partial charge in [0.1, 0.15) is 10.6 Å². The Labute approximate surface area is 119 Å². The van der Waals surface area contributed by atoms with Gasteiger partial charge in [0.15, 0.2) is 9.84 Å². The van der Waals surface area contributed by atoms with Crippen molar-refractivity contribution in [3.63, 3.8) is 0 Å². The lowest BCUT2D eigenvalue weighted by molar-refractivity contribution is 0.0696. The van der Waals surface area contributed by atoms with E-state index in [-0.39, 0.29) is 22.0 Å². The predicted octanol–water partition coefficient (Wildman–Crippen LogP) is 2.60. The molecule has 5 nitrogen and oxygen atoms in total. The summed E-state index contributed by atoms with van der Waals surface area (Å²) in [5, 5.41) is 8.95. The van der Waals surface area contributed by atoms with Gasteiger partial charge in [-0.25, -0.2) is 13.2 Å². The van der Waals surface area contributed by atoms with Gasteiger partial charge in [0.25, 0.3) is 0 Å². The molecule has 0 aliphatic heterocycles. The topological polar surface area (TPSA) is 80.7 Å². The average Bonchev–Trinajstić information content (AvgIpc) is 2.37. The number of methoxy groups -OCH3 is 1. The van der Waals surface area contributed by atoms with Gasteiger partial charge in [-0.05, 0) is 37.0 Å². The zero-order valence-corrected chi connectivity index (χ0v) is 12.7. The van der Waals surface area contributed by atoms with Crippen LogP contribution in [-0.4, -0.2) is 32.4 Å². The normalized spacial score (nSPS) is 11.6. The second kappa shape index (κ2) is 6.74. The third-order valence-electron chi connectivity index (χ3n) is 2.94. The van der Waals surface area contributed by atoms with Gasteiger partial charge in [-0.2, -0.15) is 0 Å². The molecule has 20 heavy (non-hydrogen) atoms. The predicted molar refractivity (Wildman–Crippen MR) is 76.1 cm³/mol. The van der Waals surface area contributed by atoms with Gasteiger partial charge < -0.3 is 9.84 Å². The summed E-state index contributed by atoms with van der Waals surface area (Å²) in [6.45, 7) is 4.05. The fourth-order valence-electron chi connectivity index (χ4n) is 1.84. The number of hydrogen-bond donors (Lipinski definition) is 1. The maximum absolute atomic E-state index is 12.3. The SMILES string of the molecule is COc1ccc(C(=O)O)cc1S(=O)(=O)CCCC(C)C. The van der Waals surface area contributed by atoms with Crippen molar-refractivity contribution in [1.82, 2.24) is 0 Å². The van der Waals surface area contributed by atoms with Crippen LogP contribution >= 0.6 is 0 Å². The molecule has 6 heteroatoms. The van der Waals surface area contributed by atoms with Crippen molar-refractivity contribution in [1.29, 1.82) is 0 Å². The number of carbonyl (C=O) groups is 1. The summed E-state index contributed by atoms with van der Waals surface area (Å²) in [5.41, 5.74) is -0.0618. The number of carboxylic acid groups (broad SMARTS) is 1. The molecule has 0 unspecified atom stereocenters. The summed E-state index contributed by atoms with van der Waals surface area (Å²) in [7, 11) is -2.18. The molecule has 0 atom stereocenters. The van der Waals surface area contributed by atoms with Crippen LogP contribution in [0.3, 0.4) is 0 Å². The number of aromatic carboxylic acids is 1. The van der Waals surface area contributed by atoms with E-state index < -0.39 is 15.8 Å². The number of hydrogen-bond acceptors (Lipinski definition) is 4. The van der Waals surface area contributed by atoms with Crippen molar-refractivity contribution in [2.45, 2.75) is 31.6 Å². The second-order valence-corrected chi connectivity index (χ2v) is 7.10. The first kappa shape index (κ1) is 16.5. The molecule has 0 heterocycles. The first-order chi connectivity index (χ1) is 9.27. The Morgan fingerprint density at radius 3 is 2.50 bits per heavy atom. The van der Waals surface area contributed by atoms with Crippen LogP contribution in [0.15, 0.2) is 23.1 Å². The minimum absolute atomic E-state index is 0.00931. The van der Waals surface area contributed by atoms with Gasteiger partial charge in [0.2, 0.25) is 0 Å². The van der Waals surface area contributed by atoms with Crippen LogP contribution in [0, 0.1) is 5.92 Å². The van der Waals surface area contributed by atoms with E-state index in [0.717, 1.165) is 12.5 Å². The van der Waals surface area contributed by atoms with Crippen molar-refractivity contribution >= 4 is 15.8 Å². The Kier molecular flexibility index (Phi) is 5.56. The van der Waals surface area contributed by atoms with Gasteiger partial charge in [-0.3, -0.25) is 0 Å². The van der Waals surface area contributed by atoms with Crippen LogP contribution in [0.2, 0.25) is 0 Å². The van der Waals surface area contributed by atoms with Crippen LogP contribution in [0.1, 0.15) is 37.0 Å². The summed E-state index contributed by atoms with van der Waals surface area (Å²) in [6, 6.07) is 3.86. The van der Waals surface area contributed by atoms with E-state index in [1.165, 1.54) is 19.2 Å². The molecule has 0 bridgehead atoms. The van der Waals surface area contributed by atoms with E-state index in [4.69, 9.17) is 9.84 Å². The van der Waals surface area contributed by atoms with Crippen molar-refractivity contribution in [3.8, 4) is 5.75 Å². The first-order valence-corrected chi connectivity index (χ1v) is 8.07. The van der Waals surface area contributed by atoms with Crippen molar-refractivity contribution in [3.05, 3.63) is 23.8 Å². The zero-order chi connectivity index (χ0) is 15.3. The monoisotopic (exact) mass is 300 g/mol. The smallest absolute Gasteiger partial charge is 0.335 e. The van der Waals surface area contributed by atoms with Gasteiger partial charge in [-0.1, -0.05) is 13.8 Å². The van der Waals surface area contributed by atoms with E-state index >= 15 is 0 Å². The zero-order valence-electron chi connectivity index (χ0n) is 11.9. The molecule has 0 aliphatic carbocycles. The van der Waals surface area contributed by atoms with Crippen LogP contribution in [0.5, 0.6) is 5.75 Å². The molecule has 0 saturated carbocycles. The van der Waals surface area contributed by atoms with Crippen LogP contribution < -0.4 is 4.74 Å². The van der Waals surface area contributed by atoms with E-state index in [9.17, 15) is 13.2 Å². The highest BCUT2D eigenvalue weighted by molar-refractivity contribution is 7.91. The third-order valence-corrected chi connectivity index (χ3v) is 4.76. The molecule has 112 valence electrons. The summed E-state index contributed by atoms with van der Waals surface area (Å²) >= 11 is 0. The Balaban J connectivity index is 3.08. The fraction of sp³-hybridized carbons (Fsp3) is 0.500. The van der Waals surface area contributed by atoms with Crippen LogP contribution in [0.4, 0.5) is 0 Å². The lowest BCUT2D eigenvalue weighted by Gasteiger charge is -2.11. The van der Waals surface area contributed by atoms with Gasteiger partial charge in [0, 0.05) is 0 Å². The highest BCUT2D eigenvalue weighted by Gasteiger charge is 2.21. The van der Waals surface area contributed by atoms with Crippen LogP contribution in [0.25, 0.3) is 0 Å². The standard InChI is InChI=1S/C14H20O5S/c1-10(2)5-4-8-20(17,18)13-9-11(14(15)16)6-7-12(13)19-3/h6-7,9-10H,4-5,8H2,1-3H3,(H,15,16). The Hall–Kier alpha value is -1.56. The largest absolute Gasteiger partial charge is 0.495 e. The van der Waals surface area contributed by atoms with Gasteiger partial charge in [0.05, 0.1) is 18.4 Å². The molecule has 0 amide bonds. The average molecular weight is 300 g/mol. The molecule has 0 radical (unpaired) electrons. The summed E-state index contributed by atoms with van der Waals surface area (Å²) in [5.74, 6) is -0.562. The lowest BCUT2D eigenvalue weighted by Crippen LogP contribution is -2.11. The molecule has 1 aromatic rings. The quantitative estimate of drug-likeness (QED) is 0.837. The number of benzene rings is 1. The molecule has 0 aliphatic rings. The van der Waals surface area contributed by atoms with Crippen molar-refractivity contribution < 1.29 is 23.1 Å². The third kappa shape index (κ3) is 4.23. The lowest BCUT2D eigenvalue weighted by atomic mass is 10.1. The fourth-order valence-corrected chi connectivity index (χ4v) is 3.38. The Morgan fingerprint density at radius 1 is 1.35 bits per heavy atom. The Morgan fingerprint density at radius 2 is 2.00 bits per heavy atom. The maximum atomic E-state index is 12.3. The Bertz CT molecular complexity index is 575. The van der Waals surface area contributed by atoms with Crippen molar-refractivity contribution in [2.75, 3.05) is 12.9 Å². The van der Waals surface area contributed by atoms with Gasteiger partial charge in [-0.15, -0.1) is 0 Å². The molecule has 0 spiro atoms. The number of rotatable bonds is 7. The van der Waals surface area contributed by atoms with Crippen LogP contribution in [-0.2, 0) is 9.84 Å². The molecular formula is C14H20O5S. The highest BCUT2D eigenvalue weighted by atomic mass is 32.2. The molecule has 1 N–H and O–H groups in total. The number of sulfone groups is 1. The minimum atomic E-state index is -3.54. The summed E-state index contributed by atoms with van der Waals surface area (Å²) in [6.07, 6.45) is 1.35. The molecule has 1 aromatic carbocycles. The summed E-state index contributed by atoms with van der Waals surface area (Å²) in [4.78, 5) is 10.9. The van der Waals surface area contributed by atoms with E-state index in [1.807, 2.05) is 13.8 Å². The van der Waals surface area contributed by atoms with Gasteiger partial charge >= 0.3 is 5.97 Å².